The number of nitrogens with zero attached hydrogens (tertiary/aromatic N) is 2. The summed E-state index contributed by atoms with van der Waals surface area (Å²) in [6.45, 7) is 0. The lowest BCUT2D eigenvalue weighted by atomic mass is 10.1. The van der Waals surface area contributed by atoms with Crippen LogP contribution in [0.5, 0.6) is 0 Å². The Labute approximate surface area is 96.4 Å². The highest BCUT2D eigenvalue weighted by atomic mass is 35.5. The van der Waals surface area contributed by atoms with Crippen molar-refractivity contribution in [3.63, 3.8) is 0 Å². The van der Waals surface area contributed by atoms with Gasteiger partial charge < -0.3 is 5.11 Å². The first kappa shape index (κ1) is 10.5. The summed E-state index contributed by atoms with van der Waals surface area (Å²) in [5, 5.41) is 13.1. The highest BCUT2D eigenvalue weighted by molar-refractivity contribution is 7.09. The van der Waals surface area contributed by atoms with E-state index in [2.05, 4.69) is 9.97 Å². The van der Waals surface area contributed by atoms with Gasteiger partial charge in [-0.25, -0.2) is 9.97 Å². The number of aromatic nitrogens is 2. The number of aliphatic hydroxyl groups excluding tert-OH is 1. The minimum atomic E-state index is -0.573. The predicted molar refractivity (Wildman–Crippen MR) is 60.0 cm³/mol. The molecule has 1 N–H and O–H groups in total. The zero-order valence-electron chi connectivity index (χ0n) is 7.80. The van der Waals surface area contributed by atoms with Crippen LogP contribution in [-0.4, -0.2) is 15.1 Å². The monoisotopic (exact) mass is 240 g/mol. The summed E-state index contributed by atoms with van der Waals surface area (Å²) in [6.07, 6.45) is 3.25. The molecule has 0 fully saturated rings. The average Bonchev–Trinajstić information content (AvgIpc) is 2.70. The van der Waals surface area contributed by atoms with Crippen molar-refractivity contribution in [3.8, 4) is 0 Å². The van der Waals surface area contributed by atoms with Crippen LogP contribution in [0.1, 0.15) is 16.7 Å². The van der Waals surface area contributed by atoms with Crippen molar-refractivity contribution in [3.05, 3.63) is 45.6 Å². The lowest BCUT2D eigenvalue weighted by molar-refractivity contribution is 0.178. The zero-order chi connectivity index (χ0) is 10.7. The molecule has 15 heavy (non-hydrogen) atoms. The van der Waals surface area contributed by atoms with Crippen LogP contribution in [0.3, 0.4) is 0 Å². The molecule has 0 bridgehead atoms. The van der Waals surface area contributed by atoms with Gasteiger partial charge in [-0.1, -0.05) is 11.6 Å². The number of hydrogen-bond donors (Lipinski definition) is 1. The van der Waals surface area contributed by atoms with Crippen molar-refractivity contribution in [2.24, 2.45) is 0 Å². The van der Waals surface area contributed by atoms with E-state index in [1.54, 1.807) is 24.5 Å². The first-order valence-corrected chi connectivity index (χ1v) is 5.69. The number of rotatable bonds is 3. The molecule has 0 amide bonds. The number of halogens is 1. The Kier molecular flexibility index (Phi) is 3.30. The van der Waals surface area contributed by atoms with E-state index in [1.807, 2.05) is 5.38 Å². The second-order valence-electron chi connectivity index (χ2n) is 3.06. The van der Waals surface area contributed by atoms with Gasteiger partial charge in [-0.2, -0.15) is 0 Å². The zero-order valence-corrected chi connectivity index (χ0v) is 9.37. The minimum Gasteiger partial charge on any atom is -0.388 e. The summed E-state index contributed by atoms with van der Waals surface area (Å²) in [5.41, 5.74) is 0.769. The molecule has 1 atom stereocenters. The average molecular weight is 241 g/mol. The highest BCUT2D eigenvalue weighted by Gasteiger charge is 2.10. The molecule has 78 valence electrons. The SMILES string of the molecule is OC(Cc1nccs1)c1ccnc(Cl)c1. The third kappa shape index (κ3) is 2.75. The van der Waals surface area contributed by atoms with Gasteiger partial charge in [-0.05, 0) is 17.7 Å². The van der Waals surface area contributed by atoms with Crippen molar-refractivity contribution < 1.29 is 5.11 Å². The molecule has 0 aliphatic carbocycles. The van der Waals surface area contributed by atoms with Crippen LogP contribution in [0.25, 0.3) is 0 Å². The summed E-state index contributed by atoms with van der Waals surface area (Å²) in [5.74, 6) is 0. The summed E-state index contributed by atoms with van der Waals surface area (Å²) in [6, 6.07) is 3.42. The Morgan fingerprint density at radius 3 is 2.93 bits per heavy atom. The quantitative estimate of drug-likeness (QED) is 0.839. The second kappa shape index (κ2) is 4.70. The van der Waals surface area contributed by atoms with E-state index in [1.165, 1.54) is 11.3 Å². The van der Waals surface area contributed by atoms with E-state index in [-0.39, 0.29) is 0 Å². The second-order valence-corrected chi connectivity index (χ2v) is 4.42. The van der Waals surface area contributed by atoms with Crippen LogP contribution < -0.4 is 0 Å². The fourth-order valence-electron chi connectivity index (χ4n) is 1.26. The van der Waals surface area contributed by atoms with Crippen molar-refractivity contribution in [2.75, 3.05) is 0 Å². The van der Waals surface area contributed by atoms with E-state index in [4.69, 9.17) is 11.6 Å². The molecule has 3 nitrogen and oxygen atoms in total. The molecular weight excluding hydrogens is 232 g/mol. The fraction of sp³-hybridized carbons (Fsp3) is 0.200. The Morgan fingerprint density at radius 1 is 1.40 bits per heavy atom. The maximum absolute atomic E-state index is 9.90. The molecule has 0 saturated carbocycles. The number of aliphatic hydroxyl groups is 1. The van der Waals surface area contributed by atoms with Crippen molar-refractivity contribution in [2.45, 2.75) is 12.5 Å². The molecule has 0 aliphatic rings. The van der Waals surface area contributed by atoms with Crippen LogP contribution in [-0.2, 0) is 6.42 Å². The third-order valence-corrected chi connectivity index (χ3v) is 3.00. The molecule has 2 heterocycles. The van der Waals surface area contributed by atoms with Gasteiger partial charge in [0.05, 0.1) is 11.1 Å². The molecule has 0 saturated heterocycles. The van der Waals surface area contributed by atoms with Crippen LogP contribution >= 0.6 is 22.9 Å². The van der Waals surface area contributed by atoms with Crippen molar-refractivity contribution in [1.82, 2.24) is 9.97 Å². The molecule has 0 radical (unpaired) electrons. The fourth-order valence-corrected chi connectivity index (χ4v) is 2.10. The Balaban J connectivity index is 2.11. The van der Waals surface area contributed by atoms with Gasteiger partial charge in [0.2, 0.25) is 0 Å². The maximum Gasteiger partial charge on any atom is 0.129 e. The first-order valence-electron chi connectivity index (χ1n) is 4.43. The predicted octanol–water partition coefficient (Wildman–Crippen LogP) is 2.47. The lowest BCUT2D eigenvalue weighted by Gasteiger charge is -2.08. The van der Waals surface area contributed by atoms with E-state index in [0.717, 1.165) is 10.6 Å². The largest absolute Gasteiger partial charge is 0.388 e. The van der Waals surface area contributed by atoms with E-state index in [0.29, 0.717) is 11.6 Å². The molecule has 0 aliphatic heterocycles. The van der Waals surface area contributed by atoms with Gasteiger partial charge in [-0.3, -0.25) is 0 Å². The highest BCUT2D eigenvalue weighted by Crippen LogP contribution is 2.20. The van der Waals surface area contributed by atoms with Crippen LogP contribution in [0.2, 0.25) is 5.15 Å². The Bertz CT molecular complexity index is 433. The summed E-state index contributed by atoms with van der Waals surface area (Å²) in [4.78, 5) is 7.97. The molecule has 1 unspecified atom stereocenters. The molecular formula is C10H9ClN2OS. The number of hydrogen-bond acceptors (Lipinski definition) is 4. The summed E-state index contributed by atoms with van der Waals surface area (Å²) >= 11 is 7.27. The van der Waals surface area contributed by atoms with Gasteiger partial charge in [0.1, 0.15) is 5.15 Å². The Hall–Kier alpha value is -0.970. The molecule has 0 aromatic carbocycles. The molecule has 5 heteroatoms. The smallest absolute Gasteiger partial charge is 0.129 e. The topological polar surface area (TPSA) is 46.0 Å². The summed E-state index contributed by atoms with van der Waals surface area (Å²) in [7, 11) is 0. The molecule has 2 aromatic rings. The Morgan fingerprint density at radius 2 is 2.27 bits per heavy atom. The van der Waals surface area contributed by atoms with Crippen LogP contribution in [0, 0.1) is 0 Å². The van der Waals surface area contributed by atoms with Gasteiger partial charge in [0.25, 0.3) is 0 Å². The van der Waals surface area contributed by atoms with E-state index < -0.39 is 6.10 Å². The van der Waals surface area contributed by atoms with Gasteiger partial charge >= 0.3 is 0 Å². The molecule has 2 aromatic heterocycles. The van der Waals surface area contributed by atoms with Crippen molar-refractivity contribution >= 4 is 22.9 Å². The van der Waals surface area contributed by atoms with Crippen LogP contribution in [0.4, 0.5) is 0 Å². The standard InChI is InChI=1S/C10H9ClN2OS/c11-9-5-7(1-2-12-9)8(14)6-10-13-3-4-15-10/h1-5,8,14H,6H2. The van der Waals surface area contributed by atoms with Crippen molar-refractivity contribution in [1.29, 1.82) is 0 Å². The molecule has 2 rings (SSSR count). The number of thiazole rings is 1. The summed E-state index contributed by atoms with van der Waals surface area (Å²) < 4.78 is 0. The minimum absolute atomic E-state index is 0.394. The third-order valence-electron chi connectivity index (χ3n) is 1.99. The van der Waals surface area contributed by atoms with Gasteiger partial charge in [0.15, 0.2) is 0 Å². The maximum atomic E-state index is 9.90. The van der Waals surface area contributed by atoms with Gasteiger partial charge in [0, 0.05) is 24.2 Å². The lowest BCUT2D eigenvalue weighted by Crippen LogP contribution is -2.01. The van der Waals surface area contributed by atoms with Crippen LogP contribution in [0.15, 0.2) is 29.9 Å². The van der Waals surface area contributed by atoms with E-state index in [9.17, 15) is 5.11 Å². The number of pyridine rings is 1. The molecule has 0 spiro atoms. The van der Waals surface area contributed by atoms with E-state index >= 15 is 0 Å². The normalized spacial score (nSPS) is 12.7. The first-order chi connectivity index (χ1) is 7.25. The van der Waals surface area contributed by atoms with Gasteiger partial charge in [-0.15, -0.1) is 11.3 Å².